The molecule has 0 aliphatic heterocycles. The number of methoxy groups -OCH3 is 1. The maximum atomic E-state index is 13.3. The Kier molecular flexibility index (Phi) is 8.06. The molecule has 3 rings (SSSR count). The molecule has 0 heterocycles. The fraction of sp³-hybridized carbons (Fsp3) is 0.208. The van der Waals surface area contributed by atoms with Crippen LogP contribution >= 0.6 is 15.9 Å². The second-order valence-electron chi connectivity index (χ2n) is 7.24. The Morgan fingerprint density at radius 2 is 1.62 bits per heavy atom. The molecule has 168 valence electrons. The van der Waals surface area contributed by atoms with E-state index in [0.717, 1.165) is 15.6 Å². The van der Waals surface area contributed by atoms with E-state index >= 15 is 0 Å². The van der Waals surface area contributed by atoms with Gasteiger partial charge in [-0.3, -0.25) is 4.79 Å². The number of halogens is 1. The van der Waals surface area contributed by atoms with Crippen LogP contribution in [-0.2, 0) is 21.4 Å². The zero-order valence-corrected chi connectivity index (χ0v) is 20.3. The lowest BCUT2D eigenvalue weighted by Crippen LogP contribution is -2.41. The van der Waals surface area contributed by atoms with Gasteiger partial charge in [0.2, 0.25) is 15.9 Å². The molecule has 32 heavy (non-hydrogen) atoms. The Labute approximate surface area is 197 Å². The quantitative estimate of drug-likeness (QED) is 0.453. The number of hydrogen-bond acceptors (Lipinski definition) is 4. The minimum absolute atomic E-state index is 0.0704. The molecule has 0 aliphatic carbocycles. The van der Waals surface area contributed by atoms with Crippen LogP contribution in [0.3, 0.4) is 0 Å². The third-order valence-electron chi connectivity index (χ3n) is 4.96. The van der Waals surface area contributed by atoms with E-state index in [9.17, 15) is 13.2 Å². The number of nitrogens with one attached hydrogen (secondary N) is 1. The molecule has 0 spiro atoms. The molecule has 0 aliphatic rings. The van der Waals surface area contributed by atoms with Gasteiger partial charge in [0, 0.05) is 16.6 Å². The Morgan fingerprint density at radius 3 is 2.28 bits per heavy atom. The van der Waals surface area contributed by atoms with E-state index in [-0.39, 0.29) is 24.0 Å². The minimum atomic E-state index is -3.88. The van der Waals surface area contributed by atoms with Gasteiger partial charge in [0.1, 0.15) is 5.75 Å². The standard InChI is InChI=1S/C24H25BrN2O4S/c1-18(22-10-6-7-11-23(22)31-2)26-24(28)17-27(16-19-12-14-20(25)15-13-19)32(29,30)21-8-4-3-5-9-21/h3-15,18H,16-17H2,1-2H3,(H,26,28)/t18-/m0/s1. The van der Waals surface area contributed by atoms with Crippen molar-refractivity contribution in [2.45, 2.75) is 24.4 Å². The fourth-order valence-electron chi connectivity index (χ4n) is 3.31. The number of hydrogen-bond donors (Lipinski definition) is 1. The molecule has 3 aromatic rings. The van der Waals surface area contributed by atoms with E-state index in [1.807, 2.05) is 55.5 Å². The molecule has 1 amide bonds. The lowest BCUT2D eigenvalue weighted by molar-refractivity contribution is -0.122. The predicted molar refractivity (Wildman–Crippen MR) is 128 cm³/mol. The van der Waals surface area contributed by atoms with E-state index in [2.05, 4.69) is 21.2 Å². The summed E-state index contributed by atoms with van der Waals surface area (Å²) in [6.07, 6.45) is 0. The molecule has 6 nitrogen and oxygen atoms in total. The van der Waals surface area contributed by atoms with Crippen LogP contribution < -0.4 is 10.1 Å². The van der Waals surface area contributed by atoms with Gasteiger partial charge in [0.05, 0.1) is 24.6 Å². The van der Waals surface area contributed by atoms with E-state index in [4.69, 9.17) is 4.74 Å². The van der Waals surface area contributed by atoms with Gasteiger partial charge in [-0.2, -0.15) is 4.31 Å². The highest BCUT2D eigenvalue weighted by Gasteiger charge is 2.27. The Morgan fingerprint density at radius 1 is 1.00 bits per heavy atom. The van der Waals surface area contributed by atoms with E-state index in [0.29, 0.717) is 5.75 Å². The smallest absolute Gasteiger partial charge is 0.243 e. The van der Waals surface area contributed by atoms with Crippen molar-refractivity contribution >= 4 is 31.9 Å². The molecule has 8 heteroatoms. The first-order valence-electron chi connectivity index (χ1n) is 10.0. The van der Waals surface area contributed by atoms with Crippen LogP contribution in [-0.4, -0.2) is 32.3 Å². The largest absolute Gasteiger partial charge is 0.496 e. The average Bonchev–Trinajstić information content (AvgIpc) is 2.80. The summed E-state index contributed by atoms with van der Waals surface area (Å²) in [4.78, 5) is 13.0. The molecule has 1 atom stereocenters. The fourth-order valence-corrected chi connectivity index (χ4v) is 4.98. The molecule has 0 aromatic heterocycles. The monoisotopic (exact) mass is 516 g/mol. The maximum Gasteiger partial charge on any atom is 0.243 e. The normalized spacial score (nSPS) is 12.4. The van der Waals surface area contributed by atoms with Crippen LogP contribution in [0.5, 0.6) is 5.75 Å². The van der Waals surface area contributed by atoms with Crippen LogP contribution in [0.1, 0.15) is 24.1 Å². The molecule has 0 saturated heterocycles. The topological polar surface area (TPSA) is 75.7 Å². The molecule has 0 fully saturated rings. The van der Waals surface area contributed by atoms with Gasteiger partial charge in [-0.25, -0.2) is 8.42 Å². The number of nitrogens with zero attached hydrogens (tertiary/aromatic N) is 1. The van der Waals surface area contributed by atoms with Gasteiger partial charge < -0.3 is 10.1 Å². The highest BCUT2D eigenvalue weighted by Crippen LogP contribution is 2.25. The van der Waals surface area contributed by atoms with Crippen molar-refractivity contribution in [3.05, 3.63) is 94.5 Å². The molecule has 0 bridgehead atoms. The van der Waals surface area contributed by atoms with Crippen molar-refractivity contribution in [3.8, 4) is 5.75 Å². The summed E-state index contributed by atoms with van der Waals surface area (Å²) < 4.78 is 34.1. The predicted octanol–water partition coefficient (Wildman–Crippen LogP) is 4.53. The van der Waals surface area contributed by atoms with Gasteiger partial charge in [0.15, 0.2) is 0 Å². The third-order valence-corrected chi connectivity index (χ3v) is 7.29. The molecular weight excluding hydrogens is 492 g/mol. The second-order valence-corrected chi connectivity index (χ2v) is 10.1. The van der Waals surface area contributed by atoms with Crippen LogP contribution in [0.2, 0.25) is 0 Å². The highest BCUT2D eigenvalue weighted by molar-refractivity contribution is 9.10. The van der Waals surface area contributed by atoms with Crippen molar-refractivity contribution in [2.75, 3.05) is 13.7 Å². The van der Waals surface area contributed by atoms with Crippen LogP contribution in [0.25, 0.3) is 0 Å². The number of ether oxygens (including phenoxy) is 1. The van der Waals surface area contributed by atoms with E-state index < -0.39 is 15.9 Å². The average molecular weight is 517 g/mol. The number of sulfonamides is 1. The second kappa shape index (κ2) is 10.8. The van der Waals surface area contributed by atoms with Crippen LogP contribution in [0.15, 0.2) is 88.2 Å². The van der Waals surface area contributed by atoms with Crippen LogP contribution in [0.4, 0.5) is 0 Å². The van der Waals surface area contributed by atoms with Crippen molar-refractivity contribution in [2.24, 2.45) is 0 Å². The summed E-state index contributed by atoms with van der Waals surface area (Å²) in [7, 11) is -2.31. The summed E-state index contributed by atoms with van der Waals surface area (Å²) in [6, 6.07) is 22.5. The van der Waals surface area contributed by atoms with E-state index in [1.165, 1.54) is 16.4 Å². The molecule has 0 radical (unpaired) electrons. The van der Waals surface area contributed by atoms with Gasteiger partial charge in [-0.1, -0.05) is 64.5 Å². The van der Waals surface area contributed by atoms with Crippen molar-refractivity contribution in [3.63, 3.8) is 0 Å². The lowest BCUT2D eigenvalue weighted by atomic mass is 10.1. The first-order chi connectivity index (χ1) is 15.3. The summed E-state index contributed by atoms with van der Waals surface area (Å²) in [5.41, 5.74) is 1.59. The van der Waals surface area contributed by atoms with Crippen LogP contribution in [0, 0.1) is 0 Å². The maximum absolute atomic E-state index is 13.3. The van der Waals surface area contributed by atoms with Gasteiger partial charge >= 0.3 is 0 Å². The van der Waals surface area contributed by atoms with E-state index in [1.54, 1.807) is 25.3 Å². The molecule has 3 aromatic carbocycles. The first-order valence-corrected chi connectivity index (χ1v) is 12.3. The number of rotatable bonds is 9. The Balaban J connectivity index is 1.83. The summed E-state index contributed by atoms with van der Waals surface area (Å²) in [5.74, 6) is 0.254. The Bertz CT molecular complexity index is 1150. The lowest BCUT2D eigenvalue weighted by Gasteiger charge is -2.24. The summed E-state index contributed by atoms with van der Waals surface area (Å²) >= 11 is 3.38. The number of amides is 1. The van der Waals surface area contributed by atoms with Crippen molar-refractivity contribution in [1.82, 2.24) is 9.62 Å². The van der Waals surface area contributed by atoms with Gasteiger partial charge in [-0.05, 0) is 42.8 Å². The zero-order chi connectivity index (χ0) is 23.1. The molecule has 0 unspecified atom stereocenters. The number of benzene rings is 3. The molecular formula is C24H25BrN2O4S. The third kappa shape index (κ3) is 5.97. The summed E-state index contributed by atoms with van der Waals surface area (Å²) in [5, 5.41) is 2.89. The number of para-hydroxylation sites is 1. The van der Waals surface area contributed by atoms with Crippen molar-refractivity contribution < 1.29 is 17.9 Å². The molecule has 1 N–H and O–H groups in total. The molecule has 0 saturated carbocycles. The summed E-state index contributed by atoms with van der Waals surface area (Å²) in [6.45, 7) is 1.59. The first kappa shape index (κ1) is 24.0. The zero-order valence-electron chi connectivity index (χ0n) is 17.9. The Hall–Kier alpha value is -2.68. The van der Waals surface area contributed by atoms with Crippen molar-refractivity contribution in [1.29, 1.82) is 0 Å². The highest BCUT2D eigenvalue weighted by atomic mass is 79.9. The van der Waals surface area contributed by atoms with Gasteiger partial charge in [0.25, 0.3) is 0 Å². The SMILES string of the molecule is COc1ccccc1[C@H](C)NC(=O)CN(Cc1ccc(Br)cc1)S(=O)(=O)c1ccccc1. The number of carbonyl (C=O) groups is 1. The van der Waals surface area contributed by atoms with Gasteiger partial charge in [-0.15, -0.1) is 0 Å². The minimum Gasteiger partial charge on any atom is -0.496 e. The number of carbonyl (C=O) groups excluding carboxylic acids is 1.